The topological polar surface area (TPSA) is 54.9 Å². The number of ether oxygens (including phenoxy) is 2. The van der Waals surface area contributed by atoms with Crippen molar-refractivity contribution in [1.82, 2.24) is 10.6 Å². The van der Waals surface area contributed by atoms with Crippen LogP contribution in [0.2, 0.25) is 0 Å². The van der Waals surface area contributed by atoms with Gasteiger partial charge in [0.25, 0.3) is 0 Å². The van der Waals surface area contributed by atoms with Crippen LogP contribution >= 0.6 is 24.0 Å². The fraction of sp³-hybridized carbons (Fsp3) is 0.350. The van der Waals surface area contributed by atoms with Gasteiger partial charge < -0.3 is 20.1 Å². The van der Waals surface area contributed by atoms with E-state index in [9.17, 15) is 0 Å². The molecule has 2 N–H and O–H groups in total. The van der Waals surface area contributed by atoms with Crippen LogP contribution in [0.1, 0.15) is 6.92 Å². The van der Waals surface area contributed by atoms with Crippen molar-refractivity contribution in [3.05, 3.63) is 54.6 Å². The van der Waals surface area contributed by atoms with Gasteiger partial charge in [-0.3, -0.25) is 4.99 Å². The number of aliphatic imine (C=N–C) groups is 1. The van der Waals surface area contributed by atoms with Gasteiger partial charge >= 0.3 is 0 Å². The number of guanidine groups is 1. The number of hydrogen-bond acceptors (Lipinski definition) is 3. The lowest BCUT2D eigenvalue weighted by Crippen LogP contribution is -2.39. The quantitative estimate of drug-likeness (QED) is 0.255. The number of hydrogen-bond donors (Lipinski definition) is 2. The third-order valence-electron chi connectivity index (χ3n) is 3.53. The second-order valence-electron chi connectivity index (χ2n) is 5.39. The van der Waals surface area contributed by atoms with Crippen LogP contribution in [0.3, 0.4) is 0 Å². The fourth-order valence-electron chi connectivity index (χ4n) is 2.37. The highest BCUT2D eigenvalue weighted by molar-refractivity contribution is 14.0. The lowest BCUT2D eigenvalue weighted by atomic mass is 10.1. The van der Waals surface area contributed by atoms with Crippen LogP contribution in [-0.2, 0) is 4.74 Å². The number of benzene rings is 2. The van der Waals surface area contributed by atoms with E-state index >= 15 is 0 Å². The zero-order valence-electron chi connectivity index (χ0n) is 15.4. The lowest BCUT2D eigenvalue weighted by Gasteiger charge is -2.14. The van der Waals surface area contributed by atoms with Gasteiger partial charge in [0.05, 0.1) is 19.7 Å². The van der Waals surface area contributed by atoms with Crippen LogP contribution in [0, 0.1) is 0 Å². The standard InChI is InChI=1S/C20H27N3O2.HI/c1-3-21-20(22-13-15-24-2)23-14-16-25-19-12-8-7-11-18(19)17-9-5-4-6-10-17;/h4-12H,3,13-16H2,1-2H3,(H2,21,22,23);1H. The first kappa shape index (κ1) is 22.2. The van der Waals surface area contributed by atoms with Gasteiger partial charge in [0.2, 0.25) is 0 Å². The lowest BCUT2D eigenvalue weighted by molar-refractivity contribution is 0.208. The number of para-hydroxylation sites is 1. The first-order chi connectivity index (χ1) is 12.3. The molecule has 0 aromatic heterocycles. The van der Waals surface area contributed by atoms with E-state index < -0.39 is 0 Å². The van der Waals surface area contributed by atoms with E-state index in [0.717, 1.165) is 29.4 Å². The summed E-state index contributed by atoms with van der Waals surface area (Å²) in [6.07, 6.45) is 0. The maximum Gasteiger partial charge on any atom is 0.191 e. The second-order valence-corrected chi connectivity index (χ2v) is 5.39. The molecular formula is C20H28IN3O2. The molecule has 0 aliphatic carbocycles. The van der Waals surface area contributed by atoms with E-state index in [1.165, 1.54) is 0 Å². The fourth-order valence-corrected chi connectivity index (χ4v) is 2.37. The summed E-state index contributed by atoms with van der Waals surface area (Å²) in [4.78, 5) is 4.43. The van der Waals surface area contributed by atoms with E-state index in [1.54, 1.807) is 7.11 Å². The maximum atomic E-state index is 5.98. The summed E-state index contributed by atoms with van der Waals surface area (Å²) in [6.45, 7) is 5.32. The average molecular weight is 469 g/mol. The van der Waals surface area contributed by atoms with Crippen molar-refractivity contribution < 1.29 is 9.47 Å². The van der Waals surface area contributed by atoms with Crippen molar-refractivity contribution >= 4 is 29.9 Å². The van der Waals surface area contributed by atoms with E-state index in [-0.39, 0.29) is 24.0 Å². The summed E-state index contributed by atoms with van der Waals surface area (Å²) in [5, 5.41) is 6.47. The Morgan fingerprint density at radius 3 is 2.42 bits per heavy atom. The van der Waals surface area contributed by atoms with Crippen LogP contribution in [0.25, 0.3) is 11.1 Å². The van der Waals surface area contributed by atoms with Crippen molar-refractivity contribution in [1.29, 1.82) is 0 Å². The second kappa shape index (κ2) is 13.4. The van der Waals surface area contributed by atoms with Crippen LogP contribution in [-0.4, -0.2) is 45.9 Å². The van der Waals surface area contributed by atoms with Crippen molar-refractivity contribution in [3.63, 3.8) is 0 Å². The Kier molecular flexibility index (Phi) is 11.5. The summed E-state index contributed by atoms with van der Waals surface area (Å²) in [6, 6.07) is 18.4. The Labute approximate surface area is 173 Å². The predicted molar refractivity (Wildman–Crippen MR) is 119 cm³/mol. The molecular weight excluding hydrogens is 441 g/mol. The molecule has 0 saturated carbocycles. The summed E-state index contributed by atoms with van der Waals surface area (Å²) >= 11 is 0. The van der Waals surface area contributed by atoms with E-state index in [4.69, 9.17) is 9.47 Å². The van der Waals surface area contributed by atoms with Crippen LogP contribution in [0.5, 0.6) is 5.75 Å². The average Bonchev–Trinajstić information content (AvgIpc) is 2.66. The summed E-state index contributed by atoms with van der Waals surface area (Å²) in [5.74, 6) is 1.66. The van der Waals surface area contributed by atoms with Crippen molar-refractivity contribution in [2.75, 3.05) is 40.0 Å². The van der Waals surface area contributed by atoms with Gasteiger partial charge in [-0.15, -0.1) is 24.0 Å². The third-order valence-corrected chi connectivity index (χ3v) is 3.53. The molecule has 5 nitrogen and oxygen atoms in total. The molecule has 6 heteroatoms. The van der Waals surface area contributed by atoms with Crippen LogP contribution in [0.4, 0.5) is 0 Å². The smallest absolute Gasteiger partial charge is 0.191 e. The number of rotatable bonds is 9. The normalized spacial score (nSPS) is 10.8. The third kappa shape index (κ3) is 7.61. The Bertz CT molecular complexity index is 651. The summed E-state index contributed by atoms with van der Waals surface area (Å²) < 4.78 is 11.0. The SMILES string of the molecule is CCNC(=NCCOC)NCCOc1ccccc1-c1ccccc1.I. The maximum absolute atomic E-state index is 5.98. The van der Waals surface area contributed by atoms with Gasteiger partial charge in [0.15, 0.2) is 5.96 Å². The molecule has 0 amide bonds. The monoisotopic (exact) mass is 469 g/mol. The summed E-state index contributed by atoms with van der Waals surface area (Å²) in [7, 11) is 1.67. The molecule has 2 aromatic carbocycles. The molecule has 0 fully saturated rings. The largest absolute Gasteiger partial charge is 0.491 e. The molecule has 26 heavy (non-hydrogen) atoms. The molecule has 2 aromatic rings. The van der Waals surface area contributed by atoms with Gasteiger partial charge in [0, 0.05) is 19.2 Å². The van der Waals surface area contributed by atoms with Crippen molar-refractivity contribution in [3.8, 4) is 16.9 Å². The highest BCUT2D eigenvalue weighted by Gasteiger charge is 2.05. The van der Waals surface area contributed by atoms with Gasteiger partial charge in [0.1, 0.15) is 12.4 Å². The Morgan fingerprint density at radius 1 is 0.962 bits per heavy atom. The molecule has 2 rings (SSSR count). The van der Waals surface area contributed by atoms with E-state index in [2.05, 4.69) is 33.8 Å². The highest BCUT2D eigenvalue weighted by atomic mass is 127. The highest BCUT2D eigenvalue weighted by Crippen LogP contribution is 2.29. The van der Waals surface area contributed by atoms with E-state index in [1.807, 2.05) is 43.3 Å². The van der Waals surface area contributed by atoms with Crippen molar-refractivity contribution in [2.24, 2.45) is 4.99 Å². The van der Waals surface area contributed by atoms with Crippen LogP contribution < -0.4 is 15.4 Å². The summed E-state index contributed by atoms with van der Waals surface area (Å²) in [5.41, 5.74) is 2.25. The number of halogens is 1. The molecule has 0 aliphatic heterocycles. The van der Waals surface area contributed by atoms with Crippen LogP contribution in [0.15, 0.2) is 59.6 Å². The Hall–Kier alpha value is -1.80. The molecule has 0 radical (unpaired) electrons. The number of nitrogens with zero attached hydrogens (tertiary/aromatic N) is 1. The molecule has 0 saturated heterocycles. The van der Waals surface area contributed by atoms with Gasteiger partial charge in [-0.2, -0.15) is 0 Å². The minimum Gasteiger partial charge on any atom is -0.491 e. The molecule has 0 bridgehead atoms. The minimum absolute atomic E-state index is 0. The predicted octanol–water partition coefficient (Wildman–Crippen LogP) is 3.55. The zero-order chi connectivity index (χ0) is 17.7. The number of methoxy groups -OCH3 is 1. The Balaban J connectivity index is 0.00000338. The molecule has 0 heterocycles. The zero-order valence-corrected chi connectivity index (χ0v) is 17.7. The first-order valence-corrected chi connectivity index (χ1v) is 8.63. The number of nitrogens with one attached hydrogen (secondary N) is 2. The van der Waals surface area contributed by atoms with Crippen molar-refractivity contribution in [2.45, 2.75) is 6.92 Å². The van der Waals surface area contributed by atoms with Gasteiger partial charge in [-0.05, 0) is 18.6 Å². The molecule has 142 valence electrons. The molecule has 0 aliphatic rings. The molecule has 0 unspecified atom stereocenters. The van der Waals surface area contributed by atoms with Gasteiger partial charge in [-0.1, -0.05) is 48.5 Å². The first-order valence-electron chi connectivity index (χ1n) is 8.63. The Morgan fingerprint density at radius 2 is 1.69 bits per heavy atom. The van der Waals surface area contributed by atoms with E-state index in [0.29, 0.717) is 26.3 Å². The molecule has 0 spiro atoms. The van der Waals surface area contributed by atoms with Gasteiger partial charge in [-0.25, -0.2) is 0 Å². The minimum atomic E-state index is 0. The molecule has 0 atom stereocenters.